The van der Waals surface area contributed by atoms with Gasteiger partial charge in [-0.15, -0.1) is 0 Å². The van der Waals surface area contributed by atoms with Gasteiger partial charge in [0.15, 0.2) is 0 Å². The number of carbonyl (C=O) groups excluding carboxylic acids is 1. The molecule has 0 saturated carbocycles. The molecule has 0 atom stereocenters. The number of halogens is 1. The Morgan fingerprint density at radius 2 is 2.05 bits per heavy atom. The van der Waals surface area contributed by atoms with Crippen molar-refractivity contribution in [3.8, 4) is 5.75 Å². The van der Waals surface area contributed by atoms with E-state index in [1.54, 1.807) is 0 Å². The fourth-order valence-corrected chi connectivity index (χ4v) is 2.03. The number of hydrogen-bond acceptors (Lipinski definition) is 4. The van der Waals surface area contributed by atoms with E-state index in [1.165, 1.54) is 26.2 Å². The molecule has 19 heavy (non-hydrogen) atoms. The molecule has 0 fully saturated rings. The summed E-state index contributed by atoms with van der Waals surface area (Å²) < 4.78 is 37.2. The predicted octanol–water partition coefficient (Wildman–Crippen LogP) is 0.152. The standard InChI is InChI=1S/C11H15FN2O4S/c1-14(2)19(17,18)7-6-13-11(16)10-8(12)4-3-5-9(10)15/h3-5,15H,6-7H2,1-2H3,(H,13,16). The molecule has 0 aliphatic carbocycles. The van der Waals surface area contributed by atoms with Crippen molar-refractivity contribution in [2.24, 2.45) is 0 Å². The van der Waals surface area contributed by atoms with Gasteiger partial charge >= 0.3 is 0 Å². The van der Waals surface area contributed by atoms with Gasteiger partial charge in [0.1, 0.15) is 17.1 Å². The summed E-state index contributed by atoms with van der Waals surface area (Å²) in [5, 5.41) is 11.6. The second-order valence-electron chi connectivity index (χ2n) is 3.99. The minimum atomic E-state index is -3.43. The third kappa shape index (κ3) is 3.90. The number of phenols is 1. The van der Waals surface area contributed by atoms with Gasteiger partial charge in [-0.05, 0) is 12.1 Å². The summed E-state index contributed by atoms with van der Waals surface area (Å²) in [4.78, 5) is 11.6. The Morgan fingerprint density at radius 1 is 1.42 bits per heavy atom. The molecule has 0 saturated heterocycles. The topological polar surface area (TPSA) is 86.7 Å². The van der Waals surface area contributed by atoms with E-state index in [1.807, 2.05) is 0 Å². The zero-order chi connectivity index (χ0) is 14.6. The summed E-state index contributed by atoms with van der Waals surface area (Å²) in [5.41, 5.74) is -0.496. The number of nitrogens with zero attached hydrogens (tertiary/aromatic N) is 1. The van der Waals surface area contributed by atoms with Crippen LogP contribution in [0.1, 0.15) is 10.4 Å². The number of aromatic hydroxyl groups is 1. The monoisotopic (exact) mass is 290 g/mol. The lowest BCUT2D eigenvalue weighted by Crippen LogP contribution is -2.34. The lowest BCUT2D eigenvalue weighted by molar-refractivity contribution is 0.0949. The summed E-state index contributed by atoms with van der Waals surface area (Å²) in [7, 11) is -0.684. The van der Waals surface area contributed by atoms with Crippen LogP contribution in [0.2, 0.25) is 0 Å². The highest BCUT2D eigenvalue weighted by molar-refractivity contribution is 7.89. The summed E-state index contributed by atoms with van der Waals surface area (Å²) in [6.07, 6.45) is 0. The second-order valence-corrected chi connectivity index (χ2v) is 6.29. The van der Waals surface area contributed by atoms with Crippen molar-refractivity contribution >= 4 is 15.9 Å². The van der Waals surface area contributed by atoms with E-state index >= 15 is 0 Å². The molecule has 0 bridgehead atoms. The molecule has 0 aliphatic heterocycles. The maximum Gasteiger partial charge on any atom is 0.258 e. The number of carbonyl (C=O) groups is 1. The van der Waals surface area contributed by atoms with Gasteiger partial charge in [-0.2, -0.15) is 0 Å². The first-order chi connectivity index (χ1) is 8.75. The zero-order valence-electron chi connectivity index (χ0n) is 10.6. The Labute approximate surface area is 110 Å². The quantitative estimate of drug-likeness (QED) is 0.808. The average molecular weight is 290 g/mol. The molecule has 0 radical (unpaired) electrons. The SMILES string of the molecule is CN(C)S(=O)(=O)CCNC(=O)c1c(O)cccc1F. The van der Waals surface area contributed by atoms with Crippen molar-refractivity contribution in [1.82, 2.24) is 9.62 Å². The molecule has 0 unspecified atom stereocenters. The lowest BCUT2D eigenvalue weighted by atomic mass is 10.2. The number of phenolic OH excluding ortho intramolecular Hbond substituents is 1. The van der Waals surface area contributed by atoms with Crippen molar-refractivity contribution in [2.75, 3.05) is 26.4 Å². The number of amides is 1. The Kier molecular flexibility index (Phi) is 4.84. The van der Waals surface area contributed by atoms with Gasteiger partial charge in [0, 0.05) is 20.6 Å². The summed E-state index contributed by atoms with van der Waals surface area (Å²) >= 11 is 0. The first-order valence-electron chi connectivity index (χ1n) is 5.41. The highest BCUT2D eigenvalue weighted by atomic mass is 32.2. The molecule has 2 N–H and O–H groups in total. The third-order valence-corrected chi connectivity index (χ3v) is 4.25. The van der Waals surface area contributed by atoms with Crippen LogP contribution in [0, 0.1) is 5.82 Å². The van der Waals surface area contributed by atoms with E-state index in [9.17, 15) is 22.7 Å². The Balaban J connectivity index is 2.68. The van der Waals surface area contributed by atoms with E-state index in [0.717, 1.165) is 10.4 Å². The molecule has 1 amide bonds. The van der Waals surface area contributed by atoms with Crippen LogP contribution in [0.5, 0.6) is 5.75 Å². The number of benzene rings is 1. The second kappa shape index (κ2) is 5.98. The molecular formula is C11H15FN2O4S. The zero-order valence-corrected chi connectivity index (χ0v) is 11.4. The van der Waals surface area contributed by atoms with Crippen LogP contribution in [-0.4, -0.2) is 50.1 Å². The molecule has 1 aromatic rings. The molecule has 8 heteroatoms. The van der Waals surface area contributed by atoms with Crippen LogP contribution in [0.25, 0.3) is 0 Å². The molecule has 6 nitrogen and oxygen atoms in total. The van der Waals surface area contributed by atoms with Crippen LogP contribution >= 0.6 is 0 Å². The number of rotatable bonds is 5. The summed E-state index contributed by atoms with van der Waals surface area (Å²) in [6.45, 7) is -0.173. The van der Waals surface area contributed by atoms with Crippen molar-refractivity contribution < 1.29 is 22.7 Å². The fourth-order valence-electron chi connectivity index (χ4n) is 1.30. The van der Waals surface area contributed by atoms with Gasteiger partial charge < -0.3 is 10.4 Å². The highest BCUT2D eigenvalue weighted by Crippen LogP contribution is 2.19. The highest BCUT2D eigenvalue weighted by Gasteiger charge is 2.18. The van der Waals surface area contributed by atoms with Crippen molar-refractivity contribution in [1.29, 1.82) is 0 Å². The van der Waals surface area contributed by atoms with E-state index < -0.39 is 33.1 Å². The Morgan fingerprint density at radius 3 is 2.58 bits per heavy atom. The van der Waals surface area contributed by atoms with E-state index in [0.29, 0.717) is 0 Å². The minimum absolute atomic E-state index is 0.173. The number of sulfonamides is 1. The smallest absolute Gasteiger partial charge is 0.258 e. The third-order valence-electron chi connectivity index (χ3n) is 2.42. The fraction of sp³-hybridized carbons (Fsp3) is 0.364. The molecule has 106 valence electrons. The van der Waals surface area contributed by atoms with Gasteiger partial charge in [-0.3, -0.25) is 4.79 Å². The summed E-state index contributed by atoms with van der Waals surface area (Å²) in [5.74, 6) is -2.52. The van der Waals surface area contributed by atoms with Crippen molar-refractivity contribution in [2.45, 2.75) is 0 Å². The average Bonchev–Trinajstić information content (AvgIpc) is 2.28. The molecule has 0 aliphatic rings. The Hall–Kier alpha value is -1.67. The number of hydrogen-bond donors (Lipinski definition) is 2. The van der Waals surface area contributed by atoms with Crippen LogP contribution in [0.15, 0.2) is 18.2 Å². The minimum Gasteiger partial charge on any atom is -0.507 e. The van der Waals surface area contributed by atoms with Gasteiger partial charge in [-0.25, -0.2) is 17.1 Å². The first-order valence-corrected chi connectivity index (χ1v) is 7.02. The van der Waals surface area contributed by atoms with Crippen LogP contribution in [-0.2, 0) is 10.0 Å². The van der Waals surface area contributed by atoms with Gasteiger partial charge in [-0.1, -0.05) is 6.07 Å². The molecular weight excluding hydrogens is 275 g/mol. The van der Waals surface area contributed by atoms with Crippen molar-refractivity contribution in [3.63, 3.8) is 0 Å². The van der Waals surface area contributed by atoms with Gasteiger partial charge in [0.2, 0.25) is 10.0 Å². The van der Waals surface area contributed by atoms with Crippen LogP contribution in [0.3, 0.4) is 0 Å². The maximum absolute atomic E-state index is 13.3. The van der Waals surface area contributed by atoms with Crippen LogP contribution in [0.4, 0.5) is 4.39 Å². The normalized spacial score (nSPS) is 11.6. The first kappa shape index (κ1) is 15.4. The molecule has 1 rings (SSSR count). The van der Waals surface area contributed by atoms with E-state index in [-0.39, 0.29) is 12.3 Å². The predicted molar refractivity (Wildman–Crippen MR) is 67.9 cm³/mol. The van der Waals surface area contributed by atoms with Crippen LogP contribution < -0.4 is 5.32 Å². The molecule has 0 aromatic heterocycles. The van der Waals surface area contributed by atoms with E-state index in [2.05, 4.69) is 5.32 Å². The summed E-state index contributed by atoms with van der Waals surface area (Å²) in [6, 6.07) is 3.47. The van der Waals surface area contributed by atoms with Gasteiger partial charge in [0.05, 0.1) is 5.75 Å². The van der Waals surface area contributed by atoms with Crippen molar-refractivity contribution in [3.05, 3.63) is 29.6 Å². The molecule has 1 aromatic carbocycles. The largest absolute Gasteiger partial charge is 0.507 e. The molecule has 0 heterocycles. The lowest BCUT2D eigenvalue weighted by Gasteiger charge is -2.12. The molecule has 0 spiro atoms. The number of nitrogens with one attached hydrogen (secondary N) is 1. The maximum atomic E-state index is 13.3. The Bertz CT molecular complexity index is 552. The van der Waals surface area contributed by atoms with E-state index in [4.69, 9.17) is 0 Å². The van der Waals surface area contributed by atoms with Gasteiger partial charge in [0.25, 0.3) is 5.91 Å².